The molecule has 1 aliphatic carbocycles. The van der Waals surface area contributed by atoms with Gasteiger partial charge in [0.15, 0.2) is 0 Å². The Morgan fingerprint density at radius 2 is 2.11 bits per heavy atom. The number of nitrogens with one attached hydrogen (secondary N) is 2. The molecular formula is C15H20ClFN2. The van der Waals surface area contributed by atoms with Crippen molar-refractivity contribution in [2.75, 3.05) is 11.9 Å². The molecule has 19 heavy (non-hydrogen) atoms. The van der Waals surface area contributed by atoms with Crippen molar-refractivity contribution in [2.24, 2.45) is 5.92 Å². The highest BCUT2D eigenvalue weighted by atomic mass is 35.5. The highest BCUT2D eigenvalue weighted by Crippen LogP contribution is 2.34. The van der Waals surface area contributed by atoms with Crippen LogP contribution in [0.2, 0.25) is 5.02 Å². The Morgan fingerprint density at radius 1 is 1.21 bits per heavy atom. The zero-order chi connectivity index (χ0) is 13.2. The number of benzene rings is 1. The molecular weight excluding hydrogens is 263 g/mol. The van der Waals surface area contributed by atoms with Crippen LogP contribution in [0.3, 0.4) is 0 Å². The minimum Gasteiger partial charge on any atom is -0.380 e. The van der Waals surface area contributed by atoms with Gasteiger partial charge in [-0.3, -0.25) is 0 Å². The zero-order valence-corrected chi connectivity index (χ0v) is 11.7. The van der Waals surface area contributed by atoms with E-state index in [4.69, 9.17) is 11.6 Å². The van der Waals surface area contributed by atoms with Crippen LogP contribution < -0.4 is 10.6 Å². The predicted octanol–water partition coefficient (Wildman–Crippen LogP) is 3.81. The second kappa shape index (κ2) is 5.68. The van der Waals surface area contributed by atoms with Crippen molar-refractivity contribution in [2.45, 2.75) is 44.2 Å². The van der Waals surface area contributed by atoms with Gasteiger partial charge in [0.25, 0.3) is 0 Å². The second-order valence-corrected chi connectivity index (χ2v) is 6.11. The number of hydrogen-bond donors (Lipinski definition) is 2. The van der Waals surface area contributed by atoms with Gasteiger partial charge in [0.2, 0.25) is 0 Å². The van der Waals surface area contributed by atoms with Gasteiger partial charge in [-0.1, -0.05) is 18.0 Å². The third-order valence-corrected chi connectivity index (χ3v) is 4.69. The summed E-state index contributed by atoms with van der Waals surface area (Å²) in [4.78, 5) is 0. The van der Waals surface area contributed by atoms with Gasteiger partial charge in [0, 0.05) is 17.1 Å². The van der Waals surface area contributed by atoms with Gasteiger partial charge >= 0.3 is 0 Å². The van der Waals surface area contributed by atoms with Crippen LogP contribution in [0.5, 0.6) is 0 Å². The topological polar surface area (TPSA) is 24.1 Å². The van der Waals surface area contributed by atoms with Gasteiger partial charge in [0.1, 0.15) is 5.82 Å². The molecule has 0 aromatic heterocycles. The van der Waals surface area contributed by atoms with Crippen LogP contribution in [-0.4, -0.2) is 18.6 Å². The summed E-state index contributed by atoms with van der Waals surface area (Å²) in [6.45, 7) is 1.12. The van der Waals surface area contributed by atoms with Gasteiger partial charge < -0.3 is 10.6 Å². The van der Waals surface area contributed by atoms with Gasteiger partial charge in [0.05, 0.1) is 5.69 Å². The van der Waals surface area contributed by atoms with Crippen LogP contribution in [0.4, 0.5) is 10.1 Å². The maximum atomic E-state index is 13.8. The van der Waals surface area contributed by atoms with E-state index in [1.807, 2.05) is 0 Å². The molecule has 1 saturated carbocycles. The Hall–Kier alpha value is -0.800. The van der Waals surface area contributed by atoms with E-state index in [-0.39, 0.29) is 5.82 Å². The summed E-state index contributed by atoms with van der Waals surface area (Å²) in [5.41, 5.74) is 0.544. The molecule has 3 rings (SSSR count). The van der Waals surface area contributed by atoms with Crippen molar-refractivity contribution < 1.29 is 4.39 Å². The first kappa shape index (κ1) is 13.2. The third-order valence-electron chi connectivity index (χ3n) is 4.45. The first-order chi connectivity index (χ1) is 9.24. The standard InChI is InChI=1S/C15H20ClFN2/c16-10-6-7-12(17)15(9-10)19-14-4-1-3-11(14)13-5-2-8-18-13/h6-7,9,11,13-14,18-19H,1-5,8H2. The molecule has 0 bridgehead atoms. The van der Waals surface area contributed by atoms with Crippen LogP contribution in [0.15, 0.2) is 18.2 Å². The lowest BCUT2D eigenvalue weighted by molar-refractivity contribution is 0.375. The molecule has 3 atom stereocenters. The van der Waals surface area contributed by atoms with Gasteiger partial charge in [-0.2, -0.15) is 0 Å². The van der Waals surface area contributed by atoms with Crippen LogP contribution in [0.1, 0.15) is 32.1 Å². The number of halogens is 2. The molecule has 0 spiro atoms. The fraction of sp³-hybridized carbons (Fsp3) is 0.600. The highest BCUT2D eigenvalue weighted by Gasteiger charge is 2.35. The van der Waals surface area contributed by atoms with Gasteiger partial charge in [-0.25, -0.2) is 4.39 Å². The van der Waals surface area contributed by atoms with E-state index in [2.05, 4.69) is 10.6 Å². The molecule has 3 unspecified atom stereocenters. The fourth-order valence-electron chi connectivity index (χ4n) is 3.53. The van der Waals surface area contributed by atoms with Crippen molar-refractivity contribution in [3.8, 4) is 0 Å². The molecule has 2 nitrogen and oxygen atoms in total. The summed E-state index contributed by atoms with van der Waals surface area (Å²) in [6.07, 6.45) is 6.09. The molecule has 104 valence electrons. The van der Waals surface area contributed by atoms with Crippen LogP contribution in [-0.2, 0) is 0 Å². The molecule has 4 heteroatoms. The summed E-state index contributed by atoms with van der Waals surface area (Å²) in [6, 6.07) is 5.68. The summed E-state index contributed by atoms with van der Waals surface area (Å²) in [5.74, 6) is 0.398. The number of hydrogen-bond acceptors (Lipinski definition) is 2. The van der Waals surface area contributed by atoms with E-state index in [0.29, 0.717) is 28.7 Å². The smallest absolute Gasteiger partial charge is 0.146 e. The van der Waals surface area contributed by atoms with Crippen molar-refractivity contribution in [3.05, 3.63) is 29.0 Å². The molecule has 2 fully saturated rings. The molecule has 1 aromatic rings. The molecule has 0 amide bonds. The Kier molecular flexibility index (Phi) is 3.94. The van der Waals surface area contributed by atoms with E-state index < -0.39 is 0 Å². The Bertz CT molecular complexity index is 446. The fourth-order valence-corrected chi connectivity index (χ4v) is 3.71. The maximum Gasteiger partial charge on any atom is 0.146 e. The minimum atomic E-state index is -0.213. The summed E-state index contributed by atoms with van der Waals surface area (Å²) < 4.78 is 13.8. The SMILES string of the molecule is Fc1ccc(Cl)cc1NC1CCCC1C1CCCN1. The number of rotatable bonds is 3. The van der Waals surface area contributed by atoms with Crippen LogP contribution >= 0.6 is 11.6 Å². The summed E-state index contributed by atoms with van der Waals surface area (Å²) >= 11 is 5.95. The van der Waals surface area contributed by atoms with Crippen LogP contribution in [0, 0.1) is 11.7 Å². The normalized spacial score (nSPS) is 30.7. The molecule has 0 radical (unpaired) electrons. The van der Waals surface area contributed by atoms with Crippen molar-refractivity contribution >= 4 is 17.3 Å². The summed E-state index contributed by atoms with van der Waals surface area (Å²) in [5, 5.41) is 7.54. The first-order valence-corrected chi connectivity index (χ1v) is 7.57. The predicted molar refractivity (Wildman–Crippen MR) is 77.2 cm³/mol. The largest absolute Gasteiger partial charge is 0.380 e. The second-order valence-electron chi connectivity index (χ2n) is 5.67. The average Bonchev–Trinajstić information content (AvgIpc) is 3.03. The van der Waals surface area contributed by atoms with E-state index in [1.54, 1.807) is 12.1 Å². The van der Waals surface area contributed by atoms with E-state index in [9.17, 15) is 4.39 Å². The lowest BCUT2D eigenvalue weighted by Gasteiger charge is -2.27. The van der Waals surface area contributed by atoms with Crippen LogP contribution in [0.25, 0.3) is 0 Å². The van der Waals surface area contributed by atoms with E-state index in [0.717, 1.165) is 13.0 Å². The molecule has 1 aliphatic heterocycles. The molecule has 1 heterocycles. The maximum absolute atomic E-state index is 13.8. The first-order valence-electron chi connectivity index (χ1n) is 7.19. The zero-order valence-electron chi connectivity index (χ0n) is 11.0. The Morgan fingerprint density at radius 3 is 2.89 bits per heavy atom. The lowest BCUT2D eigenvalue weighted by Crippen LogP contribution is -2.38. The Balaban J connectivity index is 1.72. The highest BCUT2D eigenvalue weighted by molar-refractivity contribution is 6.30. The summed E-state index contributed by atoms with van der Waals surface area (Å²) in [7, 11) is 0. The number of anilines is 1. The minimum absolute atomic E-state index is 0.213. The van der Waals surface area contributed by atoms with Gasteiger partial charge in [-0.05, 0) is 56.3 Å². The van der Waals surface area contributed by atoms with Crippen molar-refractivity contribution in [3.63, 3.8) is 0 Å². The quantitative estimate of drug-likeness (QED) is 0.881. The third kappa shape index (κ3) is 2.87. The molecule has 1 aromatic carbocycles. The van der Waals surface area contributed by atoms with E-state index in [1.165, 1.54) is 31.7 Å². The lowest BCUT2D eigenvalue weighted by atomic mass is 9.93. The Labute approximate surface area is 118 Å². The molecule has 1 saturated heterocycles. The monoisotopic (exact) mass is 282 g/mol. The van der Waals surface area contributed by atoms with Crippen molar-refractivity contribution in [1.82, 2.24) is 5.32 Å². The van der Waals surface area contributed by atoms with E-state index >= 15 is 0 Å². The van der Waals surface area contributed by atoms with Gasteiger partial charge in [-0.15, -0.1) is 0 Å². The average molecular weight is 283 g/mol. The van der Waals surface area contributed by atoms with Crippen molar-refractivity contribution in [1.29, 1.82) is 0 Å². The molecule has 2 N–H and O–H groups in total. The molecule has 2 aliphatic rings.